The van der Waals surface area contributed by atoms with Gasteiger partial charge in [-0.2, -0.15) is 0 Å². The maximum Gasteiger partial charge on any atom is 0.273 e. The smallest absolute Gasteiger partial charge is 0.273 e. The Morgan fingerprint density at radius 3 is 3.12 bits per heavy atom. The van der Waals surface area contributed by atoms with Crippen LogP contribution in [0.15, 0.2) is 23.6 Å². The molecule has 0 spiro atoms. The molecule has 2 aliphatic rings. The summed E-state index contributed by atoms with van der Waals surface area (Å²) in [6, 6.07) is 4.75. The summed E-state index contributed by atoms with van der Waals surface area (Å²) in [5.74, 6) is -0.278. The molecule has 126 valence electrons. The van der Waals surface area contributed by atoms with Crippen LogP contribution in [0.4, 0.5) is 4.39 Å². The van der Waals surface area contributed by atoms with Crippen molar-refractivity contribution in [3.8, 4) is 0 Å². The van der Waals surface area contributed by atoms with Gasteiger partial charge in [-0.15, -0.1) is 11.3 Å². The zero-order chi connectivity index (χ0) is 16.7. The summed E-state index contributed by atoms with van der Waals surface area (Å²) < 4.78 is 19.0. The molecular weight excluding hydrogens is 327 g/mol. The van der Waals surface area contributed by atoms with Crippen molar-refractivity contribution in [2.24, 2.45) is 0 Å². The second-order valence-electron chi connectivity index (χ2n) is 6.34. The van der Waals surface area contributed by atoms with E-state index in [9.17, 15) is 9.18 Å². The van der Waals surface area contributed by atoms with Gasteiger partial charge < -0.3 is 9.64 Å². The Morgan fingerprint density at radius 2 is 2.33 bits per heavy atom. The first-order valence-electron chi connectivity index (χ1n) is 8.30. The Morgan fingerprint density at radius 1 is 1.46 bits per heavy atom. The minimum atomic E-state index is -0.221. The van der Waals surface area contributed by atoms with Crippen LogP contribution in [0, 0.1) is 5.82 Å². The molecule has 0 unspecified atom stereocenters. The van der Waals surface area contributed by atoms with Gasteiger partial charge in [0.25, 0.3) is 5.91 Å². The van der Waals surface area contributed by atoms with Crippen LogP contribution in [-0.4, -0.2) is 28.9 Å². The van der Waals surface area contributed by atoms with Crippen LogP contribution in [0.3, 0.4) is 0 Å². The number of amides is 1. The third-order valence-electron chi connectivity index (χ3n) is 4.85. The fourth-order valence-electron chi connectivity index (χ4n) is 3.53. The van der Waals surface area contributed by atoms with Crippen molar-refractivity contribution < 1.29 is 13.9 Å². The molecule has 6 heteroatoms. The minimum absolute atomic E-state index is 0.0408. The number of rotatable bonds is 2. The van der Waals surface area contributed by atoms with E-state index >= 15 is 0 Å². The molecule has 24 heavy (non-hydrogen) atoms. The van der Waals surface area contributed by atoms with E-state index in [0.717, 1.165) is 35.6 Å². The molecule has 0 aliphatic carbocycles. The van der Waals surface area contributed by atoms with E-state index in [1.54, 1.807) is 12.1 Å². The van der Waals surface area contributed by atoms with Crippen LogP contribution in [0.5, 0.6) is 0 Å². The van der Waals surface area contributed by atoms with Crippen molar-refractivity contribution in [3.05, 3.63) is 51.2 Å². The van der Waals surface area contributed by atoms with Gasteiger partial charge in [0.2, 0.25) is 0 Å². The Balaban J connectivity index is 1.55. The quantitative estimate of drug-likeness (QED) is 0.828. The second-order valence-corrected chi connectivity index (χ2v) is 7.23. The molecule has 4 rings (SSSR count). The molecule has 0 bridgehead atoms. The molecule has 1 saturated heterocycles. The minimum Gasteiger partial charge on any atom is -0.371 e. The van der Waals surface area contributed by atoms with Gasteiger partial charge in [-0.05, 0) is 49.4 Å². The Hall–Kier alpha value is -1.79. The normalized spacial score (nSPS) is 23.3. The average Bonchev–Trinajstić information content (AvgIpc) is 3.26. The number of aromatic nitrogens is 1. The van der Waals surface area contributed by atoms with E-state index in [4.69, 9.17) is 4.74 Å². The molecule has 0 saturated carbocycles. The molecular formula is C18H19FN2O2S. The Bertz CT molecular complexity index is 770. The van der Waals surface area contributed by atoms with Crippen LogP contribution in [0.2, 0.25) is 0 Å². The average molecular weight is 346 g/mol. The van der Waals surface area contributed by atoms with Crippen LogP contribution in [0.1, 0.15) is 58.5 Å². The summed E-state index contributed by atoms with van der Waals surface area (Å²) in [6.07, 6.45) is 2.73. The van der Waals surface area contributed by atoms with Crippen molar-refractivity contribution in [2.75, 3.05) is 13.2 Å². The molecule has 2 aliphatic heterocycles. The number of hydrogen-bond acceptors (Lipinski definition) is 4. The Labute approximate surface area is 144 Å². The zero-order valence-corrected chi connectivity index (χ0v) is 14.3. The molecule has 2 atom stereocenters. The van der Waals surface area contributed by atoms with Crippen molar-refractivity contribution in [1.29, 1.82) is 0 Å². The third-order valence-corrected chi connectivity index (χ3v) is 5.79. The van der Waals surface area contributed by atoms with Gasteiger partial charge in [0, 0.05) is 18.5 Å². The highest BCUT2D eigenvalue weighted by Crippen LogP contribution is 2.33. The van der Waals surface area contributed by atoms with Gasteiger partial charge in [-0.25, -0.2) is 9.37 Å². The lowest BCUT2D eigenvalue weighted by atomic mass is 9.93. The summed E-state index contributed by atoms with van der Waals surface area (Å²) in [4.78, 5) is 19.2. The number of halogens is 1. The summed E-state index contributed by atoms with van der Waals surface area (Å²) in [5, 5.41) is 2.72. The van der Waals surface area contributed by atoms with E-state index in [2.05, 4.69) is 4.98 Å². The highest BCUT2D eigenvalue weighted by atomic mass is 32.1. The van der Waals surface area contributed by atoms with Gasteiger partial charge in [0.05, 0.1) is 6.04 Å². The van der Waals surface area contributed by atoms with Crippen LogP contribution in [0.25, 0.3) is 0 Å². The van der Waals surface area contributed by atoms with Gasteiger partial charge >= 0.3 is 0 Å². The predicted molar refractivity (Wildman–Crippen MR) is 89.6 cm³/mol. The van der Waals surface area contributed by atoms with Gasteiger partial charge in [0.15, 0.2) is 0 Å². The van der Waals surface area contributed by atoms with E-state index < -0.39 is 0 Å². The molecule has 1 aromatic heterocycles. The van der Waals surface area contributed by atoms with Gasteiger partial charge in [-0.3, -0.25) is 4.79 Å². The number of carbonyl (C=O) groups is 1. The number of thiazole rings is 1. The monoisotopic (exact) mass is 346 g/mol. The number of fused-ring (bicyclic) bond motifs is 1. The van der Waals surface area contributed by atoms with Gasteiger partial charge in [-0.1, -0.05) is 6.07 Å². The molecule has 2 aromatic rings. The van der Waals surface area contributed by atoms with E-state index in [0.29, 0.717) is 18.7 Å². The van der Waals surface area contributed by atoms with Gasteiger partial charge in [0.1, 0.15) is 22.6 Å². The molecule has 1 aromatic carbocycles. The lowest BCUT2D eigenvalue weighted by molar-refractivity contribution is 0.0670. The van der Waals surface area contributed by atoms with Crippen LogP contribution < -0.4 is 0 Å². The van der Waals surface area contributed by atoms with Crippen molar-refractivity contribution in [1.82, 2.24) is 9.88 Å². The maximum atomic E-state index is 13.4. The summed E-state index contributed by atoms with van der Waals surface area (Å²) >= 11 is 1.49. The summed E-state index contributed by atoms with van der Waals surface area (Å²) in [5.41, 5.74) is 2.50. The fraction of sp³-hybridized carbons (Fsp3) is 0.444. The topological polar surface area (TPSA) is 42.4 Å². The maximum absolute atomic E-state index is 13.4. The predicted octanol–water partition coefficient (Wildman–Crippen LogP) is 3.89. The first-order chi connectivity index (χ1) is 11.6. The molecule has 3 heterocycles. The van der Waals surface area contributed by atoms with Crippen molar-refractivity contribution in [3.63, 3.8) is 0 Å². The number of benzene rings is 1. The fourth-order valence-corrected chi connectivity index (χ4v) is 4.41. The Kier molecular flexibility index (Phi) is 4.10. The number of ether oxygens (including phenoxy) is 1. The highest BCUT2D eigenvalue weighted by Gasteiger charge is 2.30. The largest absolute Gasteiger partial charge is 0.371 e. The first-order valence-corrected chi connectivity index (χ1v) is 9.18. The summed E-state index contributed by atoms with van der Waals surface area (Å²) in [6.45, 7) is 3.34. The van der Waals surface area contributed by atoms with Crippen LogP contribution >= 0.6 is 11.3 Å². The lowest BCUT2D eigenvalue weighted by Gasteiger charge is -2.34. The molecule has 4 nitrogen and oxygen atoms in total. The molecule has 0 radical (unpaired) electrons. The SMILES string of the molecule is C[C@@H]1c2ccc(F)cc2CCN1C(=O)c1csc([C@@H]2CCCO2)n1. The van der Waals surface area contributed by atoms with Crippen LogP contribution in [-0.2, 0) is 11.2 Å². The van der Waals surface area contributed by atoms with Crippen molar-refractivity contribution >= 4 is 17.2 Å². The summed E-state index contributed by atoms with van der Waals surface area (Å²) in [7, 11) is 0. The first kappa shape index (κ1) is 15.7. The van der Waals surface area contributed by atoms with E-state index in [1.807, 2.05) is 17.2 Å². The third kappa shape index (κ3) is 2.74. The molecule has 1 fully saturated rings. The standard InChI is InChI=1S/C18H19FN2O2S/c1-11-14-5-4-13(19)9-12(14)6-7-21(11)18(22)15-10-24-17(20-15)16-3-2-8-23-16/h4-5,9-11,16H,2-3,6-8H2,1H3/t11-,16+/m1/s1. The molecule has 1 amide bonds. The lowest BCUT2D eigenvalue weighted by Crippen LogP contribution is -2.39. The van der Waals surface area contributed by atoms with E-state index in [1.165, 1.54) is 17.4 Å². The van der Waals surface area contributed by atoms with Crippen molar-refractivity contribution in [2.45, 2.75) is 38.3 Å². The molecule has 0 N–H and O–H groups in total. The number of carbonyl (C=O) groups excluding carboxylic acids is 1. The highest BCUT2D eigenvalue weighted by molar-refractivity contribution is 7.09. The van der Waals surface area contributed by atoms with E-state index in [-0.39, 0.29) is 23.9 Å². The number of hydrogen-bond donors (Lipinski definition) is 0. The second kappa shape index (κ2) is 6.26. The zero-order valence-electron chi connectivity index (χ0n) is 13.5. The number of nitrogens with zero attached hydrogens (tertiary/aromatic N) is 2.